The predicted octanol–water partition coefficient (Wildman–Crippen LogP) is 0.861. The van der Waals surface area contributed by atoms with E-state index in [1.165, 1.54) is 0 Å². The molecule has 0 aromatic heterocycles. The van der Waals surface area contributed by atoms with Crippen LogP contribution in [0, 0.1) is 0 Å². The van der Waals surface area contributed by atoms with Crippen molar-refractivity contribution in [1.82, 2.24) is 9.80 Å². The van der Waals surface area contributed by atoms with Crippen molar-refractivity contribution < 1.29 is 14.6 Å². The molecule has 0 saturated carbocycles. The highest BCUT2D eigenvalue weighted by atomic mass is 16.5. The molecule has 5 heteroatoms. The molecule has 0 aromatic carbocycles. The summed E-state index contributed by atoms with van der Waals surface area (Å²) in [5, 5.41) is 9.65. The molecule has 0 unspecified atom stereocenters. The molecule has 116 valence electrons. The van der Waals surface area contributed by atoms with Gasteiger partial charge in [0.15, 0.2) is 0 Å². The van der Waals surface area contributed by atoms with Gasteiger partial charge in [0.05, 0.1) is 12.2 Å². The monoisotopic (exact) mass is 284 g/mol. The summed E-state index contributed by atoms with van der Waals surface area (Å²) in [6.45, 7) is 6.92. The second-order valence-electron chi connectivity index (χ2n) is 5.92. The molecule has 0 radical (unpaired) electrons. The molecule has 1 amide bonds. The van der Waals surface area contributed by atoms with E-state index in [0.29, 0.717) is 12.5 Å². The smallest absolute Gasteiger partial charge is 0.222 e. The molecule has 0 spiro atoms. The number of piperazine rings is 1. The minimum Gasteiger partial charge on any atom is -0.392 e. The Bertz CT molecular complexity index is 297. The maximum absolute atomic E-state index is 12.1. The number of nitrogens with zero attached hydrogens (tertiary/aromatic N) is 2. The molecule has 2 saturated heterocycles. The van der Waals surface area contributed by atoms with Gasteiger partial charge in [0.2, 0.25) is 5.91 Å². The van der Waals surface area contributed by atoms with E-state index in [2.05, 4.69) is 4.90 Å². The number of aliphatic hydroxyl groups is 1. The zero-order valence-corrected chi connectivity index (χ0v) is 12.6. The molecule has 0 aromatic rings. The number of ether oxygens (including phenoxy) is 1. The highest BCUT2D eigenvalue weighted by molar-refractivity contribution is 5.76. The second-order valence-corrected chi connectivity index (χ2v) is 5.92. The Balaban J connectivity index is 1.63. The lowest BCUT2D eigenvalue weighted by molar-refractivity contribution is -0.133. The van der Waals surface area contributed by atoms with Crippen LogP contribution in [0.1, 0.15) is 39.0 Å². The summed E-state index contributed by atoms with van der Waals surface area (Å²) in [5.41, 5.74) is 0. The van der Waals surface area contributed by atoms with Crippen molar-refractivity contribution in [2.24, 2.45) is 0 Å². The Morgan fingerprint density at radius 1 is 1.35 bits per heavy atom. The van der Waals surface area contributed by atoms with Gasteiger partial charge in [-0.25, -0.2) is 0 Å². The predicted molar refractivity (Wildman–Crippen MR) is 77.5 cm³/mol. The number of hydrogen-bond donors (Lipinski definition) is 1. The molecule has 2 atom stereocenters. The van der Waals surface area contributed by atoms with Crippen molar-refractivity contribution >= 4 is 5.91 Å². The number of aliphatic hydroxyl groups excluding tert-OH is 1. The summed E-state index contributed by atoms with van der Waals surface area (Å²) in [4.78, 5) is 16.4. The normalized spacial score (nSPS) is 25.9. The zero-order valence-electron chi connectivity index (χ0n) is 12.6. The number of amides is 1. The maximum atomic E-state index is 12.1. The van der Waals surface area contributed by atoms with Crippen LogP contribution in [-0.4, -0.2) is 72.4 Å². The van der Waals surface area contributed by atoms with Crippen molar-refractivity contribution in [3.63, 3.8) is 0 Å². The van der Waals surface area contributed by atoms with E-state index in [9.17, 15) is 9.90 Å². The van der Waals surface area contributed by atoms with Gasteiger partial charge in [-0.05, 0) is 25.7 Å². The van der Waals surface area contributed by atoms with Crippen LogP contribution in [-0.2, 0) is 9.53 Å². The van der Waals surface area contributed by atoms with Gasteiger partial charge in [0.1, 0.15) is 0 Å². The molecule has 2 fully saturated rings. The van der Waals surface area contributed by atoms with Gasteiger partial charge in [-0.3, -0.25) is 9.69 Å². The van der Waals surface area contributed by atoms with Gasteiger partial charge in [0, 0.05) is 45.8 Å². The Labute approximate surface area is 121 Å². The molecule has 20 heavy (non-hydrogen) atoms. The van der Waals surface area contributed by atoms with Crippen LogP contribution in [0.4, 0.5) is 0 Å². The third kappa shape index (κ3) is 4.72. The Kier molecular flexibility index (Phi) is 6.26. The van der Waals surface area contributed by atoms with Crippen molar-refractivity contribution in [2.75, 3.05) is 39.3 Å². The van der Waals surface area contributed by atoms with Crippen LogP contribution in [0.2, 0.25) is 0 Å². The third-order valence-corrected chi connectivity index (χ3v) is 4.37. The van der Waals surface area contributed by atoms with Crippen LogP contribution >= 0.6 is 0 Å². The largest absolute Gasteiger partial charge is 0.392 e. The lowest BCUT2D eigenvalue weighted by Crippen LogP contribution is -2.50. The van der Waals surface area contributed by atoms with Crippen LogP contribution < -0.4 is 0 Å². The van der Waals surface area contributed by atoms with Gasteiger partial charge in [0.25, 0.3) is 0 Å². The van der Waals surface area contributed by atoms with Gasteiger partial charge in [-0.2, -0.15) is 0 Å². The van der Waals surface area contributed by atoms with Gasteiger partial charge in [-0.15, -0.1) is 0 Å². The summed E-state index contributed by atoms with van der Waals surface area (Å²) in [5.74, 6) is 0.260. The fourth-order valence-electron chi connectivity index (χ4n) is 2.92. The van der Waals surface area contributed by atoms with Gasteiger partial charge in [-0.1, -0.05) is 6.92 Å². The third-order valence-electron chi connectivity index (χ3n) is 4.37. The summed E-state index contributed by atoms with van der Waals surface area (Å²) in [7, 11) is 0. The van der Waals surface area contributed by atoms with Crippen molar-refractivity contribution in [2.45, 2.75) is 51.2 Å². The molecule has 1 N–H and O–H groups in total. The molecular weight excluding hydrogens is 256 g/mol. The molecule has 5 nitrogen and oxygen atoms in total. The van der Waals surface area contributed by atoms with E-state index < -0.39 is 0 Å². The minimum atomic E-state index is -0.239. The number of carbonyl (C=O) groups is 1. The van der Waals surface area contributed by atoms with Gasteiger partial charge < -0.3 is 14.7 Å². The van der Waals surface area contributed by atoms with Crippen LogP contribution in [0.3, 0.4) is 0 Å². The number of β-amino-alcohol motifs (C(OH)–C–C–N with tert-alkyl or cyclic N) is 1. The zero-order chi connectivity index (χ0) is 14.4. The van der Waals surface area contributed by atoms with Crippen molar-refractivity contribution in [3.8, 4) is 0 Å². The molecule has 0 bridgehead atoms. The lowest BCUT2D eigenvalue weighted by Gasteiger charge is -2.35. The maximum Gasteiger partial charge on any atom is 0.222 e. The lowest BCUT2D eigenvalue weighted by atomic mass is 10.1. The van der Waals surface area contributed by atoms with E-state index in [1.807, 2.05) is 11.8 Å². The quantitative estimate of drug-likeness (QED) is 0.786. The van der Waals surface area contributed by atoms with E-state index in [0.717, 1.165) is 65.0 Å². The Hall–Kier alpha value is -0.650. The van der Waals surface area contributed by atoms with Crippen molar-refractivity contribution in [3.05, 3.63) is 0 Å². The molecule has 2 aliphatic heterocycles. The Morgan fingerprint density at radius 3 is 2.70 bits per heavy atom. The molecule has 2 rings (SSSR count). The van der Waals surface area contributed by atoms with E-state index in [1.54, 1.807) is 0 Å². The summed E-state index contributed by atoms with van der Waals surface area (Å²) in [6, 6.07) is 0. The first-order valence-electron chi connectivity index (χ1n) is 7.99. The summed E-state index contributed by atoms with van der Waals surface area (Å²) < 4.78 is 5.56. The first-order chi connectivity index (χ1) is 9.69. The van der Waals surface area contributed by atoms with E-state index >= 15 is 0 Å². The average molecular weight is 284 g/mol. The highest BCUT2D eigenvalue weighted by Gasteiger charge is 2.23. The highest BCUT2D eigenvalue weighted by Crippen LogP contribution is 2.17. The standard InChI is InChI=1S/C15H28N2O3/c1-2-13(18)12-16-7-9-17(10-8-16)15(19)6-5-14-4-3-11-20-14/h13-14,18H,2-12H2,1H3/t13-,14+/m1/s1. The first-order valence-corrected chi connectivity index (χ1v) is 7.99. The van der Waals surface area contributed by atoms with Crippen molar-refractivity contribution in [1.29, 1.82) is 0 Å². The van der Waals surface area contributed by atoms with E-state index in [4.69, 9.17) is 4.74 Å². The number of carbonyl (C=O) groups excluding carboxylic acids is 1. The number of hydrogen-bond acceptors (Lipinski definition) is 4. The fourth-order valence-corrected chi connectivity index (χ4v) is 2.92. The van der Waals surface area contributed by atoms with Crippen LogP contribution in [0.25, 0.3) is 0 Å². The molecule has 0 aliphatic carbocycles. The second kappa shape index (κ2) is 7.96. The summed E-state index contributed by atoms with van der Waals surface area (Å²) >= 11 is 0. The fraction of sp³-hybridized carbons (Fsp3) is 0.933. The molecule has 2 heterocycles. The molecule has 2 aliphatic rings. The van der Waals surface area contributed by atoms with Crippen LogP contribution in [0.5, 0.6) is 0 Å². The van der Waals surface area contributed by atoms with Crippen LogP contribution in [0.15, 0.2) is 0 Å². The SMILES string of the molecule is CC[C@@H](O)CN1CCN(C(=O)CC[C@@H]2CCCO2)CC1. The van der Waals surface area contributed by atoms with Gasteiger partial charge >= 0.3 is 0 Å². The number of rotatable bonds is 6. The minimum absolute atomic E-state index is 0.239. The Morgan fingerprint density at radius 2 is 2.10 bits per heavy atom. The average Bonchev–Trinajstić information content (AvgIpc) is 2.98. The summed E-state index contributed by atoms with van der Waals surface area (Å²) in [6.07, 6.45) is 4.58. The van der Waals surface area contributed by atoms with E-state index in [-0.39, 0.29) is 12.0 Å². The topological polar surface area (TPSA) is 53.0 Å². The first kappa shape index (κ1) is 15.7. The molecular formula is C15H28N2O3.